The van der Waals surface area contributed by atoms with E-state index < -0.39 is 11.8 Å². The Morgan fingerprint density at radius 3 is 2.89 bits per heavy atom. The van der Waals surface area contributed by atoms with Gasteiger partial charge in [0.05, 0.1) is 13.7 Å². The molecule has 1 atom stereocenters. The molecule has 1 aromatic rings. The maximum absolute atomic E-state index is 11.5. The van der Waals surface area contributed by atoms with Gasteiger partial charge in [-0.25, -0.2) is 0 Å². The Balaban J connectivity index is 2.32. The van der Waals surface area contributed by atoms with E-state index in [0.717, 1.165) is 5.56 Å². The summed E-state index contributed by atoms with van der Waals surface area (Å²) >= 11 is 0. The van der Waals surface area contributed by atoms with Crippen LogP contribution in [0.15, 0.2) is 12.1 Å². The lowest BCUT2D eigenvalue weighted by Crippen LogP contribution is -2.31. The van der Waals surface area contributed by atoms with Crippen LogP contribution in [0.3, 0.4) is 0 Å². The largest absolute Gasteiger partial charge is 0.497 e. The van der Waals surface area contributed by atoms with Crippen LogP contribution in [-0.4, -0.2) is 32.3 Å². The summed E-state index contributed by atoms with van der Waals surface area (Å²) < 4.78 is 15.3. The Morgan fingerprint density at radius 1 is 1.53 bits per heavy atom. The predicted molar refractivity (Wildman–Crippen MR) is 69.4 cm³/mol. The molecule has 0 amide bonds. The van der Waals surface area contributed by atoms with Crippen molar-refractivity contribution in [2.24, 2.45) is 0 Å². The van der Waals surface area contributed by atoms with E-state index in [1.807, 2.05) is 6.92 Å². The van der Waals surface area contributed by atoms with E-state index >= 15 is 0 Å². The van der Waals surface area contributed by atoms with Crippen molar-refractivity contribution in [2.45, 2.75) is 26.1 Å². The minimum absolute atomic E-state index is 0.239. The molecule has 0 fully saturated rings. The average molecular weight is 263 g/mol. The Labute approximate surface area is 112 Å². The molecule has 6 heteroatoms. The first-order chi connectivity index (χ1) is 9.00. The fourth-order valence-corrected chi connectivity index (χ4v) is 2.28. The normalized spacial score (nSPS) is 20.6. The first-order valence-electron chi connectivity index (χ1n) is 6.08. The lowest BCUT2D eigenvalue weighted by molar-refractivity contribution is -0.174. The fraction of sp³-hybridized carbons (Fsp3) is 0.462. The first-order valence-corrected chi connectivity index (χ1v) is 6.08. The van der Waals surface area contributed by atoms with E-state index in [1.165, 1.54) is 7.48 Å². The highest BCUT2D eigenvalue weighted by Gasteiger charge is 2.42. The van der Waals surface area contributed by atoms with Gasteiger partial charge in [0.15, 0.2) is 5.79 Å². The van der Waals surface area contributed by atoms with Gasteiger partial charge in [0.2, 0.25) is 0 Å². The number of fused-ring (bicyclic) bond motifs is 1. The van der Waals surface area contributed by atoms with Gasteiger partial charge in [-0.05, 0) is 37.0 Å². The maximum Gasteiger partial charge on any atom is 0.334 e. The second-order valence-electron chi connectivity index (χ2n) is 4.41. The van der Waals surface area contributed by atoms with Crippen molar-refractivity contribution in [3.8, 4) is 5.75 Å². The molecule has 1 aliphatic heterocycles. The van der Waals surface area contributed by atoms with Crippen molar-refractivity contribution in [2.75, 3.05) is 13.7 Å². The minimum atomic E-state index is -1.65. The van der Waals surface area contributed by atoms with Crippen LogP contribution in [0.4, 0.5) is 0 Å². The van der Waals surface area contributed by atoms with Crippen LogP contribution in [0, 0.1) is 6.92 Å². The average Bonchev–Trinajstić information content (AvgIpc) is 2.67. The zero-order chi connectivity index (χ0) is 14.0. The Bertz CT molecular complexity index is 502. The number of rotatable bonds is 4. The number of methoxy groups -OCH3 is 1. The zero-order valence-corrected chi connectivity index (χ0v) is 11.2. The molecule has 0 spiro atoms. The van der Waals surface area contributed by atoms with Crippen LogP contribution < -0.4 is 10.2 Å². The van der Waals surface area contributed by atoms with E-state index in [2.05, 4.69) is 0 Å². The third-order valence-corrected chi connectivity index (χ3v) is 3.04. The Kier molecular flexibility index (Phi) is 3.82. The number of aryl methyl sites for hydroxylation is 1. The van der Waals surface area contributed by atoms with Gasteiger partial charge in [0, 0.05) is 5.56 Å². The van der Waals surface area contributed by atoms with Crippen molar-refractivity contribution in [3.63, 3.8) is 0 Å². The highest BCUT2D eigenvalue weighted by molar-refractivity contribution is 6.49. The lowest BCUT2D eigenvalue weighted by Gasteiger charge is -2.24. The number of benzene rings is 1. The minimum Gasteiger partial charge on any atom is -0.497 e. The summed E-state index contributed by atoms with van der Waals surface area (Å²) in [5.74, 6) is -1.48. The molecule has 1 aromatic carbocycles. The van der Waals surface area contributed by atoms with Crippen molar-refractivity contribution in [1.82, 2.24) is 0 Å². The third kappa shape index (κ3) is 2.59. The van der Waals surface area contributed by atoms with E-state index in [0.29, 0.717) is 16.8 Å². The van der Waals surface area contributed by atoms with Crippen LogP contribution in [-0.2, 0) is 20.0 Å². The van der Waals surface area contributed by atoms with Crippen LogP contribution in [0.5, 0.6) is 5.75 Å². The van der Waals surface area contributed by atoms with Gasteiger partial charge in [-0.15, -0.1) is 0 Å². The van der Waals surface area contributed by atoms with E-state index in [-0.39, 0.29) is 13.0 Å². The number of hydrogen-bond acceptors (Lipinski definition) is 5. The Morgan fingerprint density at radius 2 is 2.26 bits per heavy atom. The van der Waals surface area contributed by atoms with Crippen LogP contribution in [0.1, 0.15) is 24.5 Å². The molecule has 1 heterocycles. The SMILES string of the molecule is CCOC(=O)C[C@@]1(O)O[B]c2cc(OC)cc(C)c21. The number of aliphatic hydroxyl groups is 1. The third-order valence-electron chi connectivity index (χ3n) is 3.04. The van der Waals surface area contributed by atoms with E-state index in [9.17, 15) is 9.90 Å². The van der Waals surface area contributed by atoms with Gasteiger partial charge in [-0.2, -0.15) is 0 Å². The predicted octanol–water partition coefficient (Wildman–Crippen LogP) is 0.377. The fourth-order valence-electron chi connectivity index (χ4n) is 2.28. The van der Waals surface area contributed by atoms with Crippen LogP contribution >= 0.6 is 0 Å². The molecule has 2 rings (SSSR count). The summed E-state index contributed by atoms with van der Waals surface area (Å²) in [5, 5.41) is 10.5. The molecule has 1 radical (unpaired) electrons. The van der Waals surface area contributed by atoms with Crippen LogP contribution in [0.2, 0.25) is 0 Å². The standard InChI is InChI=1S/C13H16BO5/c1-4-18-11(15)7-13(16)12-8(2)5-9(17-3)6-10(12)14-19-13/h5-6,16H,4,7H2,1-3H3/t13-/m1/s1. The topological polar surface area (TPSA) is 65.0 Å². The molecule has 0 unspecified atom stereocenters. The number of carbonyl (C=O) groups excluding carboxylic acids is 1. The molecule has 101 valence electrons. The molecule has 0 aliphatic carbocycles. The van der Waals surface area contributed by atoms with Crippen molar-refractivity contribution >= 4 is 18.9 Å². The van der Waals surface area contributed by atoms with Crippen molar-refractivity contribution in [3.05, 3.63) is 23.3 Å². The quantitative estimate of drug-likeness (QED) is 0.628. The van der Waals surface area contributed by atoms with Gasteiger partial charge >= 0.3 is 13.5 Å². The smallest absolute Gasteiger partial charge is 0.334 e. The number of ether oxygens (including phenoxy) is 2. The monoisotopic (exact) mass is 263 g/mol. The second-order valence-corrected chi connectivity index (χ2v) is 4.41. The highest BCUT2D eigenvalue weighted by atomic mass is 16.6. The molecule has 0 saturated heterocycles. The summed E-state index contributed by atoms with van der Waals surface area (Å²) in [5.41, 5.74) is 2.10. The first kappa shape index (κ1) is 13.9. The second kappa shape index (κ2) is 5.23. The van der Waals surface area contributed by atoms with Crippen LogP contribution in [0.25, 0.3) is 0 Å². The zero-order valence-electron chi connectivity index (χ0n) is 11.2. The number of esters is 1. The van der Waals surface area contributed by atoms with Gasteiger partial charge in [0.25, 0.3) is 0 Å². The van der Waals surface area contributed by atoms with Gasteiger partial charge in [-0.1, -0.05) is 0 Å². The number of carbonyl (C=O) groups is 1. The van der Waals surface area contributed by atoms with E-state index in [1.54, 1.807) is 26.2 Å². The van der Waals surface area contributed by atoms with E-state index in [4.69, 9.17) is 14.1 Å². The summed E-state index contributed by atoms with van der Waals surface area (Å²) in [7, 11) is 3.01. The Hall–Kier alpha value is -1.53. The molecule has 5 nitrogen and oxygen atoms in total. The maximum atomic E-state index is 11.5. The summed E-state index contributed by atoms with van der Waals surface area (Å²) in [6.07, 6.45) is -0.239. The lowest BCUT2D eigenvalue weighted by atomic mass is 9.83. The highest BCUT2D eigenvalue weighted by Crippen LogP contribution is 2.33. The number of hydrogen-bond donors (Lipinski definition) is 1. The van der Waals surface area contributed by atoms with Gasteiger partial charge < -0.3 is 19.2 Å². The molecule has 0 bridgehead atoms. The molecular weight excluding hydrogens is 247 g/mol. The molecule has 0 aromatic heterocycles. The van der Waals surface area contributed by atoms with Crippen molar-refractivity contribution in [1.29, 1.82) is 0 Å². The molecule has 0 saturated carbocycles. The molecule has 19 heavy (non-hydrogen) atoms. The summed E-state index contributed by atoms with van der Waals surface area (Å²) in [6.45, 7) is 3.82. The summed E-state index contributed by atoms with van der Waals surface area (Å²) in [6, 6.07) is 3.54. The molecule has 1 aliphatic rings. The van der Waals surface area contributed by atoms with Gasteiger partial charge in [-0.3, -0.25) is 4.79 Å². The van der Waals surface area contributed by atoms with Gasteiger partial charge in [0.1, 0.15) is 12.2 Å². The molecule has 1 N–H and O–H groups in total. The summed E-state index contributed by atoms with van der Waals surface area (Å²) in [4.78, 5) is 11.5. The van der Waals surface area contributed by atoms with Crippen molar-refractivity contribution < 1.29 is 24.0 Å². The molecular formula is C13H16BO5.